The topological polar surface area (TPSA) is 96.5 Å². The van der Waals surface area contributed by atoms with Gasteiger partial charge in [-0.25, -0.2) is 0 Å². The van der Waals surface area contributed by atoms with E-state index in [1.165, 1.54) is 0 Å². The molecule has 0 spiro atoms. The lowest BCUT2D eigenvalue weighted by Crippen LogP contribution is -2.42. The van der Waals surface area contributed by atoms with Gasteiger partial charge >= 0.3 is 0 Å². The second kappa shape index (κ2) is 9.38. The maximum Gasteiger partial charge on any atom is 0.269 e. The summed E-state index contributed by atoms with van der Waals surface area (Å²) in [7, 11) is 1.57. The second-order valence-electron chi connectivity index (χ2n) is 6.25. The molecular weight excluding hydrogens is 346 g/mol. The molecule has 3 amide bonds. The van der Waals surface area contributed by atoms with Crippen molar-refractivity contribution in [3.63, 3.8) is 0 Å². The first kappa shape index (κ1) is 20.0. The number of hydrazine groups is 1. The quantitative estimate of drug-likeness (QED) is 0.681. The minimum Gasteiger partial charge on any atom is -0.497 e. The highest BCUT2D eigenvalue weighted by atomic mass is 16.5. The molecule has 0 aliphatic heterocycles. The second-order valence-corrected chi connectivity index (χ2v) is 6.25. The van der Waals surface area contributed by atoms with E-state index in [-0.39, 0.29) is 24.2 Å². The fraction of sp³-hybridized carbons (Fsp3) is 0.250. The summed E-state index contributed by atoms with van der Waals surface area (Å²) in [4.78, 5) is 35.7. The van der Waals surface area contributed by atoms with Crippen molar-refractivity contribution in [2.75, 3.05) is 12.4 Å². The SMILES string of the molecule is COc1ccc(CC(=O)NNC(=O)c2ccc(NC(=O)C(C)C)cc2)cc1. The predicted molar refractivity (Wildman–Crippen MR) is 102 cm³/mol. The zero-order valence-electron chi connectivity index (χ0n) is 15.5. The minimum absolute atomic E-state index is 0.0991. The van der Waals surface area contributed by atoms with Crippen molar-refractivity contribution in [3.05, 3.63) is 59.7 Å². The van der Waals surface area contributed by atoms with E-state index in [0.717, 1.165) is 5.56 Å². The first-order chi connectivity index (χ1) is 12.9. The van der Waals surface area contributed by atoms with Gasteiger partial charge in [-0.1, -0.05) is 26.0 Å². The Bertz CT molecular complexity index is 799. The Balaban J connectivity index is 1.83. The van der Waals surface area contributed by atoms with Gasteiger partial charge in [0.2, 0.25) is 11.8 Å². The van der Waals surface area contributed by atoms with Crippen LogP contribution in [0.1, 0.15) is 29.8 Å². The maximum atomic E-state index is 12.1. The van der Waals surface area contributed by atoms with E-state index < -0.39 is 5.91 Å². The van der Waals surface area contributed by atoms with Crippen LogP contribution in [0.3, 0.4) is 0 Å². The molecule has 7 heteroatoms. The lowest BCUT2D eigenvalue weighted by molar-refractivity contribution is -0.121. The number of benzene rings is 2. The summed E-state index contributed by atoms with van der Waals surface area (Å²) in [6.07, 6.45) is 0.129. The van der Waals surface area contributed by atoms with Gasteiger partial charge < -0.3 is 10.1 Å². The molecule has 2 aromatic carbocycles. The number of hydrogen-bond donors (Lipinski definition) is 3. The van der Waals surface area contributed by atoms with Crippen LogP contribution in [0.2, 0.25) is 0 Å². The van der Waals surface area contributed by atoms with Crippen LogP contribution in [0.15, 0.2) is 48.5 Å². The van der Waals surface area contributed by atoms with Crippen molar-refractivity contribution in [1.29, 1.82) is 0 Å². The van der Waals surface area contributed by atoms with Gasteiger partial charge in [0.05, 0.1) is 13.5 Å². The molecule has 0 radical (unpaired) electrons. The molecule has 0 unspecified atom stereocenters. The Morgan fingerprint density at radius 1 is 0.926 bits per heavy atom. The molecule has 2 rings (SSSR count). The Morgan fingerprint density at radius 3 is 2.11 bits per heavy atom. The molecule has 27 heavy (non-hydrogen) atoms. The maximum absolute atomic E-state index is 12.1. The first-order valence-electron chi connectivity index (χ1n) is 8.52. The van der Waals surface area contributed by atoms with Gasteiger partial charge in [-0.15, -0.1) is 0 Å². The van der Waals surface area contributed by atoms with Gasteiger partial charge in [0, 0.05) is 17.2 Å². The van der Waals surface area contributed by atoms with Gasteiger partial charge in [-0.3, -0.25) is 25.2 Å². The number of carbonyl (C=O) groups excluding carboxylic acids is 3. The van der Waals surface area contributed by atoms with Crippen LogP contribution in [0, 0.1) is 5.92 Å². The largest absolute Gasteiger partial charge is 0.497 e. The van der Waals surface area contributed by atoms with Crippen molar-refractivity contribution < 1.29 is 19.1 Å². The summed E-state index contributed by atoms with van der Waals surface area (Å²) < 4.78 is 5.06. The molecule has 0 bridgehead atoms. The normalized spacial score (nSPS) is 10.2. The zero-order valence-corrected chi connectivity index (χ0v) is 15.5. The minimum atomic E-state index is -0.445. The van der Waals surface area contributed by atoms with Gasteiger partial charge in [0.25, 0.3) is 5.91 Å². The van der Waals surface area contributed by atoms with Gasteiger partial charge in [-0.05, 0) is 42.0 Å². The van der Waals surface area contributed by atoms with Crippen LogP contribution in [0.5, 0.6) is 5.75 Å². The average molecular weight is 369 g/mol. The third kappa shape index (κ3) is 6.14. The molecule has 0 saturated heterocycles. The van der Waals surface area contributed by atoms with Crippen LogP contribution in [-0.2, 0) is 16.0 Å². The third-order valence-electron chi connectivity index (χ3n) is 3.78. The zero-order chi connectivity index (χ0) is 19.8. The summed E-state index contributed by atoms with van der Waals surface area (Å²) in [6, 6.07) is 13.5. The van der Waals surface area contributed by atoms with Gasteiger partial charge in [0.1, 0.15) is 5.75 Å². The third-order valence-corrected chi connectivity index (χ3v) is 3.78. The van der Waals surface area contributed by atoms with E-state index >= 15 is 0 Å². The Hall–Kier alpha value is -3.35. The fourth-order valence-corrected chi connectivity index (χ4v) is 2.16. The lowest BCUT2D eigenvalue weighted by atomic mass is 10.1. The number of methoxy groups -OCH3 is 1. The van der Waals surface area contributed by atoms with Gasteiger partial charge in [0.15, 0.2) is 0 Å². The number of amides is 3. The van der Waals surface area contributed by atoms with Crippen molar-refractivity contribution in [2.45, 2.75) is 20.3 Å². The molecule has 3 N–H and O–H groups in total. The standard InChI is InChI=1S/C20H23N3O4/c1-13(2)19(25)21-16-8-6-15(7-9-16)20(26)23-22-18(24)12-14-4-10-17(27-3)11-5-14/h4-11,13H,12H2,1-3H3,(H,21,25)(H,22,24)(H,23,26). The van der Waals surface area contributed by atoms with Crippen molar-refractivity contribution in [3.8, 4) is 5.75 Å². The molecule has 0 saturated carbocycles. The van der Waals surface area contributed by atoms with E-state index in [4.69, 9.17) is 4.74 Å². The molecule has 0 atom stereocenters. The highest BCUT2D eigenvalue weighted by Gasteiger charge is 2.10. The molecule has 0 aliphatic rings. The Labute approximate surface area is 158 Å². The van der Waals surface area contributed by atoms with E-state index in [2.05, 4.69) is 16.2 Å². The van der Waals surface area contributed by atoms with E-state index in [1.54, 1.807) is 69.5 Å². The monoisotopic (exact) mass is 369 g/mol. The number of rotatable bonds is 6. The molecule has 142 valence electrons. The first-order valence-corrected chi connectivity index (χ1v) is 8.52. The summed E-state index contributed by atoms with van der Waals surface area (Å²) in [5, 5.41) is 2.74. The summed E-state index contributed by atoms with van der Waals surface area (Å²) in [6.45, 7) is 3.59. The van der Waals surface area contributed by atoms with Crippen LogP contribution >= 0.6 is 0 Å². The van der Waals surface area contributed by atoms with Crippen LogP contribution < -0.4 is 20.9 Å². The van der Waals surface area contributed by atoms with E-state index in [9.17, 15) is 14.4 Å². The Kier molecular flexibility index (Phi) is 6.93. The molecule has 2 aromatic rings. The van der Waals surface area contributed by atoms with Gasteiger partial charge in [-0.2, -0.15) is 0 Å². The van der Waals surface area contributed by atoms with Crippen LogP contribution in [0.4, 0.5) is 5.69 Å². The molecular formula is C20H23N3O4. The van der Waals surface area contributed by atoms with Crippen LogP contribution in [0.25, 0.3) is 0 Å². The smallest absolute Gasteiger partial charge is 0.269 e. The molecule has 0 aliphatic carbocycles. The number of anilines is 1. The lowest BCUT2D eigenvalue weighted by Gasteiger charge is -2.10. The van der Waals surface area contributed by atoms with Crippen LogP contribution in [-0.4, -0.2) is 24.8 Å². The van der Waals surface area contributed by atoms with E-state index in [1.807, 2.05) is 0 Å². The Morgan fingerprint density at radius 2 is 1.56 bits per heavy atom. The average Bonchev–Trinajstić information content (AvgIpc) is 2.67. The van der Waals surface area contributed by atoms with Crippen molar-refractivity contribution >= 4 is 23.4 Å². The van der Waals surface area contributed by atoms with E-state index in [0.29, 0.717) is 17.0 Å². The molecule has 0 heterocycles. The van der Waals surface area contributed by atoms with Crippen molar-refractivity contribution in [2.24, 2.45) is 5.92 Å². The number of ether oxygens (including phenoxy) is 1. The highest BCUT2D eigenvalue weighted by Crippen LogP contribution is 2.12. The summed E-state index contributed by atoms with van der Waals surface area (Å²) >= 11 is 0. The molecule has 0 aromatic heterocycles. The fourth-order valence-electron chi connectivity index (χ4n) is 2.16. The summed E-state index contributed by atoms with van der Waals surface area (Å²) in [5.41, 5.74) is 6.52. The predicted octanol–water partition coefficient (Wildman–Crippen LogP) is 2.29. The number of hydrogen-bond acceptors (Lipinski definition) is 4. The van der Waals surface area contributed by atoms with Crippen molar-refractivity contribution in [1.82, 2.24) is 10.9 Å². The molecule has 0 fully saturated rings. The summed E-state index contributed by atoms with van der Waals surface area (Å²) in [5.74, 6) is -0.304. The highest BCUT2D eigenvalue weighted by molar-refractivity contribution is 5.97. The number of carbonyl (C=O) groups is 3. The number of nitrogens with one attached hydrogen (secondary N) is 3. The molecule has 7 nitrogen and oxygen atoms in total.